The number of hydrogen-bond donors (Lipinski definition) is 0. The first-order valence-electron chi connectivity index (χ1n) is 11.6. The molecule has 0 aromatic rings. The normalized spacial score (nSPS) is 13.7. The summed E-state index contributed by atoms with van der Waals surface area (Å²) >= 11 is 3.88. The minimum absolute atomic E-state index is 0.279. The Morgan fingerprint density at radius 1 is 0.633 bits per heavy atom. The summed E-state index contributed by atoms with van der Waals surface area (Å²) in [5.41, 5.74) is 7.53. The van der Waals surface area contributed by atoms with E-state index in [9.17, 15) is 0 Å². The second-order valence-electron chi connectivity index (χ2n) is 11.3. The molecule has 0 aliphatic rings. The molecule has 0 unspecified atom stereocenters. The minimum atomic E-state index is -1.65. The molecule has 0 N–H and O–H groups in total. The highest BCUT2D eigenvalue weighted by atomic mass is 32.2. The second-order valence-corrected chi connectivity index (χ2v) is 23.5. The highest BCUT2D eigenvalue weighted by Crippen LogP contribution is 2.37. The lowest BCUT2D eigenvalue weighted by Gasteiger charge is -2.31. The van der Waals surface area contributed by atoms with Gasteiger partial charge in [-0.2, -0.15) is 0 Å². The van der Waals surface area contributed by atoms with Gasteiger partial charge in [0.25, 0.3) is 0 Å². The fourth-order valence-corrected chi connectivity index (χ4v) is 5.80. The largest absolute Gasteiger partial charge is 0.138 e. The lowest BCUT2D eigenvalue weighted by atomic mass is 10.2. The quantitative estimate of drug-likeness (QED) is 0.193. The molecule has 0 aliphatic carbocycles. The highest BCUT2D eigenvalue weighted by molar-refractivity contribution is 8.07. The lowest BCUT2D eigenvalue weighted by molar-refractivity contribution is 0.730. The number of thioether (sulfide) groups is 2. The van der Waals surface area contributed by atoms with Crippen molar-refractivity contribution in [1.82, 2.24) is 0 Å². The summed E-state index contributed by atoms with van der Waals surface area (Å²) in [6, 6.07) is 0. The molecule has 0 amide bonds. The molecule has 0 aromatic carbocycles. The molecule has 0 saturated heterocycles. The molecule has 0 bridgehead atoms. The van der Waals surface area contributed by atoms with Gasteiger partial charge in [0.05, 0.1) is 9.81 Å². The van der Waals surface area contributed by atoms with Crippen LogP contribution in [0.1, 0.15) is 81.1 Å². The Morgan fingerprint density at radius 3 is 1.17 bits per heavy atom. The monoisotopic (exact) mass is 480 g/mol. The summed E-state index contributed by atoms with van der Waals surface area (Å²) in [7, 11) is -3.29. The topological polar surface area (TPSA) is 0 Å². The van der Waals surface area contributed by atoms with Crippen molar-refractivity contribution in [2.45, 2.75) is 117 Å². The molecule has 0 rings (SSSR count). The molecule has 4 heteroatoms. The third kappa shape index (κ3) is 10.5. The average Bonchev–Trinajstić information content (AvgIpc) is 2.59. The molecule has 0 fully saturated rings. The van der Waals surface area contributed by atoms with Crippen molar-refractivity contribution in [3.8, 4) is 22.9 Å². The van der Waals surface area contributed by atoms with E-state index in [1.54, 1.807) is 0 Å². The predicted octanol–water partition coefficient (Wildman–Crippen LogP) is 9.37. The van der Waals surface area contributed by atoms with Gasteiger partial charge in [0.2, 0.25) is 0 Å². The lowest BCUT2D eigenvalue weighted by Crippen LogP contribution is -2.35. The van der Waals surface area contributed by atoms with Gasteiger partial charge in [0.1, 0.15) is 16.1 Å². The Kier molecular flexibility index (Phi) is 12.9. The van der Waals surface area contributed by atoms with E-state index in [2.05, 4.69) is 105 Å². The highest BCUT2D eigenvalue weighted by Gasteiger charge is 2.34. The Hall–Kier alpha value is -0.00623. The average molecular weight is 481 g/mol. The molecule has 0 nitrogen and oxygen atoms in total. The van der Waals surface area contributed by atoms with Crippen LogP contribution in [0.5, 0.6) is 0 Å². The van der Waals surface area contributed by atoms with Crippen LogP contribution in [-0.4, -0.2) is 27.7 Å². The Morgan fingerprint density at radius 2 is 0.933 bits per heavy atom. The first-order chi connectivity index (χ1) is 13.6. The third-order valence-corrected chi connectivity index (χ3v) is 17.7. The van der Waals surface area contributed by atoms with Crippen LogP contribution < -0.4 is 0 Å². The van der Waals surface area contributed by atoms with Crippen LogP contribution in [0.3, 0.4) is 0 Å². The Bertz CT molecular complexity index is 621. The SMILES string of the molecule is CCCCS/C(C#C[Si](C)(C)C(C)(C)C)=C(\C#C[Si](C)(C)C(C)(C)C)SCCCC. The fourth-order valence-electron chi connectivity index (χ4n) is 1.75. The molecule has 0 aliphatic heterocycles. The maximum atomic E-state index is 3.76. The fraction of sp³-hybridized carbons (Fsp3) is 0.769. The van der Waals surface area contributed by atoms with Crippen LogP contribution in [0.15, 0.2) is 9.81 Å². The van der Waals surface area contributed by atoms with Gasteiger partial charge < -0.3 is 0 Å². The zero-order valence-corrected chi connectivity index (χ0v) is 25.7. The van der Waals surface area contributed by atoms with Gasteiger partial charge in [-0.3, -0.25) is 0 Å². The van der Waals surface area contributed by atoms with E-state index in [0.29, 0.717) is 0 Å². The summed E-state index contributed by atoms with van der Waals surface area (Å²) in [5.74, 6) is 9.62. The van der Waals surface area contributed by atoms with Gasteiger partial charge in [-0.15, -0.1) is 34.6 Å². The minimum Gasteiger partial charge on any atom is -0.125 e. The molecule has 0 spiro atoms. The van der Waals surface area contributed by atoms with Gasteiger partial charge in [-0.1, -0.05) is 106 Å². The Labute approximate surface area is 200 Å². The molecule has 0 radical (unpaired) electrons. The number of allylic oxidation sites excluding steroid dienone is 2. The molecular weight excluding hydrogens is 433 g/mol. The van der Waals surface area contributed by atoms with Crippen molar-refractivity contribution >= 4 is 39.7 Å². The van der Waals surface area contributed by atoms with Crippen molar-refractivity contribution < 1.29 is 0 Å². The molecule has 172 valence electrons. The van der Waals surface area contributed by atoms with E-state index in [1.165, 1.54) is 35.5 Å². The number of unbranched alkanes of at least 4 members (excludes halogenated alkanes) is 2. The second kappa shape index (κ2) is 12.9. The maximum absolute atomic E-state index is 3.76. The summed E-state index contributed by atoms with van der Waals surface area (Å²) in [6.07, 6.45) is 4.92. The number of hydrogen-bond acceptors (Lipinski definition) is 2. The molecule has 0 aromatic heterocycles. The van der Waals surface area contributed by atoms with Gasteiger partial charge in [-0.25, -0.2) is 0 Å². The van der Waals surface area contributed by atoms with Crippen LogP contribution >= 0.6 is 23.5 Å². The van der Waals surface area contributed by atoms with Crippen molar-refractivity contribution in [3.05, 3.63) is 9.81 Å². The first-order valence-corrected chi connectivity index (χ1v) is 19.6. The van der Waals surface area contributed by atoms with E-state index in [4.69, 9.17) is 0 Å². The maximum Gasteiger partial charge on any atom is 0.138 e. The smallest absolute Gasteiger partial charge is 0.125 e. The first kappa shape index (κ1) is 30.0. The van der Waals surface area contributed by atoms with E-state index < -0.39 is 16.1 Å². The molecule has 0 saturated carbocycles. The van der Waals surface area contributed by atoms with Gasteiger partial charge in [-0.05, 0) is 34.4 Å². The van der Waals surface area contributed by atoms with E-state index in [1.807, 2.05) is 23.5 Å². The van der Waals surface area contributed by atoms with Crippen LogP contribution in [0.25, 0.3) is 0 Å². The van der Waals surface area contributed by atoms with Crippen molar-refractivity contribution in [2.24, 2.45) is 0 Å². The van der Waals surface area contributed by atoms with Gasteiger partial charge in [0, 0.05) is 0 Å². The van der Waals surface area contributed by atoms with E-state index in [0.717, 1.165) is 11.5 Å². The standard InChI is InChI=1S/C26H48S2Si2/c1-13-15-19-27-23(17-21-29(9,10)25(3,4)5)24(28-20-16-14-2)18-22-30(11,12)26(6,7)8/h13-16,19-20H2,1-12H3/b24-23+. The van der Waals surface area contributed by atoms with Crippen molar-refractivity contribution in [2.75, 3.05) is 11.5 Å². The van der Waals surface area contributed by atoms with E-state index >= 15 is 0 Å². The van der Waals surface area contributed by atoms with Crippen LogP contribution in [-0.2, 0) is 0 Å². The molecule has 0 heterocycles. The van der Waals surface area contributed by atoms with Crippen LogP contribution in [0, 0.1) is 22.9 Å². The summed E-state index contributed by atoms with van der Waals surface area (Å²) in [5, 5.41) is 0.559. The molecular formula is C26H48S2Si2. The summed E-state index contributed by atoms with van der Waals surface area (Å²) in [6.45, 7) is 28.2. The number of rotatable bonds is 8. The zero-order chi connectivity index (χ0) is 23.6. The zero-order valence-electron chi connectivity index (χ0n) is 22.1. The third-order valence-electron chi connectivity index (χ3n) is 6.42. The van der Waals surface area contributed by atoms with Gasteiger partial charge >= 0.3 is 0 Å². The predicted molar refractivity (Wildman–Crippen MR) is 152 cm³/mol. The Balaban J connectivity index is 6.34. The molecule has 30 heavy (non-hydrogen) atoms. The van der Waals surface area contributed by atoms with Gasteiger partial charge in [0.15, 0.2) is 0 Å². The van der Waals surface area contributed by atoms with Crippen molar-refractivity contribution in [3.63, 3.8) is 0 Å². The van der Waals surface area contributed by atoms with E-state index in [-0.39, 0.29) is 10.1 Å². The summed E-state index contributed by atoms with van der Waals surface area (Å²) in [4.78, 5) is 2.47. The van der Waals surface area contributed by atoms with Crippen molar-refractivity contribution in [1.29, 1.82) is 0 Å². The van der Waals surface area contributed by atoms with Crippen LogP contribution in [0.2, 0.25) is 36.3 Å². The van der Waals surface area contributed by atoms with Crippen LogP contribution in [0.4, 0.5) is 0 Å². The summed E-state index contributed by atoms with van der Waals surface area (Å²) < 4.78 is 0. The molecule has 0 atom stereocenters.